The molecule has 3 nitrogen and oxygen atoms in total. The summed E-state index contributed by atoms with van der Waals surface area (Å²) in [6.45, 7) is 0. The normalized spacial score (nSPS) is 12.0. The first-order valence-electron chi connectivity index (χ1n) is 5.64. The van der Waals surface area contributed by atoms with E-state index in [0.29, 0.717) is 5.69 Å². The van der Waals surface area contributed by atoms with Crippen LogP contribution in [0.25, 0.3) is 16.7 Å². The lowest BCUT2D eigenvalue weighted by Crippen LogP contribution is -2.07. The molecule has 7 heteroatoms. The fourth-order valence-electron chi connectivity index (χ4n) is 1.95. The predicted octanol–water partition coefficient (Wildman–Crippen LogP) is 4.09. The molecule has 0 aliphatic carbocycles. The van der Waals surface area contributed by atoms with Gasteiger partial charge < -0.3 is 0 Å². The third kappa shape index (κ3) is 2.02. The zero-order valence-electron chi connectivity index (χ0n) is 9.89. The SMILES string of the molecule is FC(F)(F)c1nn(-c2ccccc2)c2nccc(Cl)c12. The summed E-state index contributed by atoms with van der Waals surface area (Å²) in [5.41, 5.74) is -0.465. The van der Waals surface area contributed by atoms with E-state index in [9.17, 15) is 13.2 Å². The fourth-order valence-corrected chi connectivity index (χ4v) is 2.18. The molecule has 0 bridgehead atoms. The number of pyridine rings is 1. The van der Waals surface area contributed by atoms with E-state index in [0.717, 1.165) is 4.68 Å². The Balaban J connectivity index is 2.38. The number of rotatable bonds is 1. The number of aromatic nitrogens is 3. The van der Waals surface area contributed by atoms with E-state index in [-0.39, 0.29) is 16.1 Å². The number of benzene rings is 1. The van der Waals surface area contributed by atoms with E-state index < -0.39 is 11.9 Å². The third-order valence-electron chi connectivity index (χ3n) is 2.79. The van der Waals surface area contributed by atoms with Crippen LogP contribution in [0.2, 0.25) is 5.02 Å². The Morgan fingerprint density at radius 1 is 1.05 bits per heavy atom. The smallest absolute Gasteiger partial charge is 0.236 e. The molecule has 1 aromatic carbocycles. The van der Waals surface area contributed by atoms with Crippen molar-refractivity contribution < 1.29 is 13.2 Å². The van der Waals surface area contributed by atoms with Crippen LogP contribution in [-0.4, -0.2) is 14.8 Å². The zero-order valence-corrected chi connectivity index (χ0v) is 10.7. The fraction of sp³-hybridized carbons (Fsp3) is 0.0769. The maximum Gasteiger partial charge on any atom is 0.435 e. The lowest BCUT2D eigenvalue weighted by molar-refractivity contribution is -0.140. The average molecular weight is 298 g/mol. The van der Waals surface area contributed by atoms with Crippen LogP contribution in [0.1, 0.15) is 5.69 Å². The lowest BCUT2D eigenvalue weighted by atomic mass is 10.2. The zero-order chi connectivity index (χ0) is 14.3. The van der Waals surface area contributed by atoms with Gasteiger partial charge in [0.25, 0.3) is 0 Å². The van der Waals surface area contributed by atoms with Crippen molar-refractivity contribution in [2.75, 3.05) is 0 Å². The van der Waals surface area contributed by atoms with Crippen LogP contribution >= 0.6 is 11.6 Å². The molecular weight excluding hydrogens is 291 g/mol. The van der Waals surface area contributed by atoms with Gasteiger partial charge in [-0.1, -0.05) is 29.8 Å². The number of hydrogen-bond donors (Lipinski definition) is 0. The highest BCUT2D eigenvalue weighted by Gasteiger charge is 2.38. The minimum Gasteiger partial charge on any atom is -0.236 e. The predicted molar refractivity (Wildman–Crippen MR) is 68.9 cm³/mol. The number of halogens is 4. The molecule has 0 saturated carbocycles. The largest absolute Gasteiger partial charge is 0.435 e. The summed E-state index contributed by atoms with van der Waals surface area (Å²) in [7, 11) is 0. The molecule has 2 aromatic heterocycles. The summed E-state index contributed by atoms with van der Waals surface area (Å²) < 4.78 is 40.3. The standard InChI is InChI=1S/C13H7ClF3N3/c14-9-6-7-18-12-10(9)11(13(15,16)17)19-20(12)8-4-2-1-3-5-8/h1-7H. The lowest BCUT2D eigenvalue weighted by Gasteiger charge is -2.02. The van der Waals surface area contributed by atoms with Gasteiger partial charge in [0.2, 0.25) is 0 Å². The molecule has 0 atom stereocenters. The molecule has 0 N–H and O–H groups in total. The van der Waals surface area contributed by atoms with Crippen molar-refractivity contribution >= 4 is 22.6 Å². The summed E-state index contributed by atoms with van der Waals surface area (Å²) >= 11 is 5.88. The number of alkyl halides is 3. The first kappa shape index (κ1) is 12.9. The van der Waals surface area contributed by atoms with Crippen LogP contribution in [0.4, 0.5) is 13.2 Å². The molecule has 2 heterocycles. The highest BCUT2D eigenvalue weighted by atomic mass is 35.5. The average Bonchev–Trinajstić information content (AvgIpc) is 2.81. The van der Waals surface area contributed by atoms with Crippen molar-refractivity contribution in [2.24, 2.45) is 0 Å². The van der Waals surface area contributed by atoms with Gasteiger partial charge in [-0.15, -0.1) is 0 Å². The maximum atomic E-state index is 13.1. The quantitative estimate of drug-likeness (QED) is 0.677. The van der Waals surface area contributed by atoms with Gasteiger partial charge in [0.05, 0.1) is 16.1 Å². The minimum atomic E-state index is -4.59. The van der Waals surface area contributed by atoms with Crippen molar-refractivity contribution in [1.29, 1.82) is 0 Å². The van der Waals surface area contributed by atoms with Crippen LogP contribution < -0.4 is 0 Å². The second-order valence-corrected chi connectivity index (χ2v) is 4.49. The highest BCUT2D eigenvalue weighted by molar-refractivity contribution is 6.35. The Hall–Kier alpha value is -2.08. The summed E-state index contributed by atoms with van der Waals surface area (Å²) in [4.78, 5) is 3.97. The van der Waals surface area contributed by atoms with Crippen molar-refractivity contribution in [3.05, 3.63) is 53.3 Å². The topological polar surface area (TPSA) is 30.7 Å². The second-order valence-electron chi connectivity index (χ2n) is 4.09. The second kappa shape index (κ2) is 4.49. The summed E-state index contributed by atoms with van der Waals surface area (Å²) in [5, 5.41) is 3.42. The van der Waals surface area contributed by atoms with Crippen LogP contribution in [0, 0.1) is 0 Å². The van der Waals surface area contributed by atoms with Gasteiger partial charge in [0.15, 0.2) is 11.3 Å². The Morgan fingerprint density at radius 2 is 1.75 bits per heavy atom. The van der Waals surface area contributed by atoms with E-state index in [4.69, 9.17) is 11.6 Å². The van der Waals surface area contributed by atoms with Gasteiger partial charge in [-0.2, -0.15) is 18.3 Å². The van der Waals surface area contributed by atoms with E-state index in [1.807, 2.05) is 0 Å². The van der Waals surface area contributed by atoms with Crippen molar-refractivity contribution in [3.63, 3.8) is 0 Å². The minimum absolute atomic E-state index is 0.0236. The van der Waals surface area contributed by atoms with E-state index >= 15 is 0 Å². The summed E-state index contributed by atoms with van der Waals surface area (Å²) in [6, 6.07) is 9.79. The molecule has 0 spiro atoms. The van der Waals surface area contributed by atoms with Crippen LogP contribution in [0.5, 0.6) is 0 Å². The molecule has 0 unspecified atom stereocenters. The van der Waals surface area contributed by atoms with Crippen molar-refractivity contribution in [1.82, 2.24) is 14.8 Å². The molecule has 0 fully saturated rings. The van der Waals surface area contributed by atoms with Gasteiger partial charge in [0.1, 0.15) is 0 Å². The number of hydrogen-bond acceptors (Lipinski definition) is 2. The Morgan fingerprint density at radius 3 is 2.40 bits per heavy atom. The van der Waals surface area contributed by atoms with Gasteiger partial charge >= 0.3 is 6.18 Å². The number of para-hydroxylation sites is 1. The van der Waals surface area contributed by atoms with E-state index in [1.165, 1.54) is 12.3 Å². The number of fused-ring (bicyclic) bond motifs is 1. The Labute approximate surface area is 116 Å². The first-order valence-corrected chi connectivity index (χ1v) is 6.02. The third-order valence-corrected chi connectivity index (χ3v) is 3.10. The van der Waals surface area contributed by atoms with Crippen LogP contribution in [-0.2, 0) is 6.18 Å². The Kier molecular flexibility index (Phi) is 2.90. The highest BCUT2D eigenvalue weighted by Crippen LogP contribution is 2.37. The molecule has 102 valence electrons. The van der Waals surface area contributed by atoms with E-state index in [1.54, 1.807) is 30.3 Å². The molecule has 3 aromatic rings. The van der Waals surface area contributed by atoms with Gasteiger partial charge in [0, 0.05) is 6.20 Å². The molecule has 20 heavy (non-hydrogen) atoms. The summed E-state index contributed by atoms with van der Waals surface area (Å²) in [5.74, 6) is 0. The van der Waals surface area contributed by atoms with Gasteiger partial charge in [-0.3, -0.25) is 0 Å². The van der Waals surface area contributed by atoms with Crippen molar-refractivity contribution in [3.8, 4) is 5.69 Å². The molecular formula is C13H7ClF3N3. The molecule has 0 aliphatic rings. The molecule has 0 radical (unpaired) electrons. The van der Waals surface area contributed by atoms with E-state index in [2.05, 4.69) is 10.1 Å². The van der Waals surface area contributed by atoms with Crippen LogP contribution in [0.15, 0.2) is 42.6 Å². The molecule has 0 aliphatic heterocycles. The van der Waals surface area contributed by atoms with Crippen LogP contribution in [0.3, 0.4) is 0 Å². The monoisotopic (exact) mass is 297 g/mol. The van der Waals surface area contributed by atoms with Gasteiger partial charge in [-0.25, -0.2) is 9.67 Å². The Bertz CT molecular complexity index is 766. The van der Waals surface area contributed by atoms with Crippen molar-refractivity contribution in [2.45, 2.75) is 6.18 Å². The molecule has 0 amide bonds. The summed E-state index contributed by atoms with van der Waals surface area (Å²) in [6.07, 6.45) is -3.24. The number of nitrogens with zero attached hydrogens (tertiary/aromatic N) is 3. The molecule has 3 rings (SSSR count). The maximum absolute atomic E-state index is 13.1. The van der Waals surface area contributed by atoms with Gasteiger partial charge in [-0.05, 0) is 18.2 Å². The molecule has 0 saturated heterocycles. The first-order chi connectivity index (χ1) is 9.48.